The average molecular weight is 1000 g/mol. The quantitative estimate of drug-likeness (QED) is 0.0326. The van der Waals surface area contributed by atoms with Crippen molar-refractivity contribution in [1.29, 1.82) is 0 Å². The molecular weight excluding hydrogens is 949 g/mol. The molecule has 0 saturated heterocycles. The van der Waals surface area contributed by atoms with Crippen LogP contribution < -0.4 is 28.4 Å². The molecule has 0 saturated carbocycles. The van der Waals surface area contributed by atoms with Crippen LogP contribution in [0.15, 0.2) is 140 Å². The Bertz CT molecular complexity index is 2260. The minimum Gasteiger partial charge on any atom is -0.504 e. The predicted octanol–water partition coefficient (Wildman–Crippen LogP) is 7.25. The number of oxime groups is 6. The van der Waals surface area contributed by atoms with Crippen LogP contribution in [0.4, 0.5) is 0 Å². The van der Waals surface area contributed by atoms with Crippen molar-refractivity contribution in [2.45, 2.75) is 0 Å². The van der Waals surface area contributed by atoms with Gasteiger partial charge in [-0.15, -0.1) is 0 Å². The van der Waals surface area contributed by atoms with Crippen LogP contribution in [0.2, 0.25) is 0 Å². The summed E-state index contributed by atoms with van der Waals surface area (Å²) in [7, 11) is 8.72. The fourth-order valence-corrected chi connectivity index (χ4v) is 5.05. The predicted molar refractivity (Wildman–Crippen MR) is 264 cm³/mol. The molecule has 0 aromatic heterocycles. The standard InChI is InChI=1S/6C8H9NO3/c6*1-12-8-4-6(5-9-11)2-3-7(8)10/h6*2-5,10-11H,1H3/b6*9-5+. The first-order valence-electron chi connectivity index (χ1n) is 19.9. The van der Waals surface area contributed by atoms with Crippen LogP contribution in [-0.2, 0) is 0 Å². The minimum absolute atomic E-state index is 0.0626. The zero-order valence-corrected chi connectivity index (χ0v) is 39.4. The summed E-state index contributed by atoms with van der Waals surface area (Å²) in [6.45, 7) is 0. The molecule has 24 heteroatoms. The molecule has 6 aromatic carbocycles. The van der Waals surface area contributed by atoms with E-state index >= 15 is 0 Å². The van der Waals surface area contributed by atoms with Gasteiger partial charge in [-0.25, -0.2) is 0 Å². The van der Waals surface area contributed by atoms with E-state index in [0.29, 0.717) is 67.9 Å². The molecule has 0 fully saturated rings. The third-order valence-electron chi connectivity index (χ3n) is 8.46. The van der Waals surface area contributed by atoms with Crippen molar-refractivity contribution >= 4 is 37.3 Å². The van der Waals surface area contributed by atoms with E-state index in [9.17, 15) is 30.6 Å². The molecule has 384 valence electrons. The van der Waals surface area contributed by atoms with Crippen molar-refractivity contribution in [2.24, 2.45) is 30.9 Å². The van der Waals surface area contributed by atoms with Gasteiger partial charge in [-0.3, -0.25) is 0 Å². The summed E-state index contributed by atoms with van der Waals surface area (Å²) in [5, 5.41) is 121. The highest BCUT2D eigenvalue weighted by molar-refractivity contribution is 5.83. The first kappa shape index (κ1) is 59.8. The number of phenolic OH excluding ortho intramolecular Hbond substituents is 6. The second kappa shape index (κ2) is 34.1. The maximum Gasteiger partial charge on any atom is 0.161 e. The zero-order valence-electron chi connectivity index (χ0n) is 39.4. The number of ether oxygens (including phenoxy) is 6. The lowest BCUT2D eigenvalue weighted by Gasteiger charge is -2.02. The molecule has 6 aromatic rings. The van der Waals surface area contributed by atoms with E-state index in [-0.39, 0.29) is 34.5 Å². The van der Waals surface area contributed by atoms with Crippen LogP contribution in [0.5, 0.6) is 69.0 Å². The van der Waals surface area contributed by atoms with Crippen LogP contribution in [-0.4, -0.2) is 142 Å². The Morgan fingerprint density at radius 3 is 0.472 bits per heavy atom. The first-order valence-corrected chi connectivity index (χ1v) is 19.9. The van der Waals surface area contributed by atoms with E-state index in [1.54, 1.807) is 72.8 Å². The van der Waals surface area contributed by atoms with Gasteiger partial charge in [-0.05, 0) is 109 Å². The van der Waals surface area contributed by atoms with Gasteiger partial charge < -0.3 is 90.3 Å². The van der Waals surface area contributed by atoms with Crippen LogP contribution >= 0.6 is 0 Å². The van der Waals surface area contributed by atoms with Gasteiger partial charge in [-0.2, -0.15) is 0 Å². The van der Waals surface area contributed by atoms with Crippen molar-refractivity contribution < 1.29 is 90.3 Å². The number of methoxy groups -OCH3 is 6. The van der Waals surface area contributed by atoms with Crippen molar-refractivity contribution in [3.63, 3.8) is 0 Å². The number of aromatic hydroxyl groups is 6. The second-order valence-electron chi connectivity index (χ2n) is 13.1. The van der Waals surface area contributed by atoms with E-state index in [0.717, 1.165) is 0 Å². The molecule has 24 nitrogen and oxygen atoms in total. The monoisotopic (exact) mass is 1000 g/mol. The Hall–Kier alpha value is -10.3. The number of hydrogen-bond donors (Lipinski definition) is 12. The van der Waals surface area contributed by atoms with E-state index in [1.807, 2.05) is 0 Å². The Labute approximate surface area is 411 Å². The maximum absolute atomic E-state index is 9.17. The fourth-order valence-electron chi connectivity index (χ4n) is 5.05. The lowest BCUT2D eigenvalue weighted by Crippen LogP contribution is -1.86. The summed E-state index contributed by atoms with van der Waals surface area (Å²) in [6.07, 6.45) is 7.51. The summed E-state index contributed by atoms with van der Waals surface area (Å²) in [6, 6.07) is 27.8. The number of hydrogen-bond acceptors (Lipinski definition) is 24. The Balaban J connectivity index is 0.000000432. The van der Waals surface area contributed by atoms with Gasteiger partial charge in [0, 0.05) is 33.4 Å². The third-order valence-corrected chi connectivity index (χ3v) is 8.46. The third kappa shape index (κ3) is 21.6. The summed E-state index contributed by atoms with van der Waals surface area (Å²) in [5.74, 6) is 2.50. The normalized spacial score (nSPS) is 10.4. The zero-order chi connectivity index (χ0) is 53.8. The van der Waals surface area contributed by atoms with Gasteiger partial charge in [-0.1, -0.05) is 30.9 Å². The van der Waals surface area contributed by atoms with Gasteiger partial charge in [0.2, 0.25) is 0 Å². The van der Waals surface area contributed by atoms with Gasteiger partial charge in [0.05, 0.1) is 79.9 Å². The minimum atomic E-state index is 0.0626. The molecule has 0 atom stereocenters. The van der Waals surface area contributed by atoms with Gasteiger partial charge in [0.25, 0.3) is 0 Å². The highest BCUT2D eigenvalue weighted by Crippen LogP contribution is 2.29. The van der Waals surface area contributed by atoms with E-state index in [4.69, 9.17) is 59.7 Å². The molecule has 0 radical (unpaired) electrons. The number of nitrogens with zero attached hydrogens (tertiary/aromatic N) is 6. The van der Waals surface area contributed by atoms with Crippen LogP contribution in [0.1, 0.15) is 33.4 Å². The Morgan fingerprint density at radius 2 is 0.375 bits per heavy atom. The lowest BCUT2D eigenvalue weighted by molar-refractivity contribution is 0.321. The molecule has 12 N–H and O–H groups in total. The van der Waals surface area contributed by atoms with Crippen LogP contribution in [0.25, 0.3) is 0 Å². The number of phenols is 6. The molecule has 72 heavy (non-hydrogen) atoms. The van der Waals surface area contributed by atoms with Gasteiger partial charge >= 0.3 is 0 Å². The lowest BCUT2D eigenvalue weighted by atomic mass is 10.2. The molecule has 0 heterocycles. The SMILES string of the molecule is COc1cc(/C=N/O)ccc1O.COc1cc(/C=N/O)ccc1O.COc1cc(/C=N/O)ccc1O.COc1cc(/C=N/O)ccc1O.COc1cc(/C=N/O)ccc1O.COc1cc(/C=N/O)ccc1O. The summed E-state index contributed by atoms with van der Waals surface area (Å²) in [5.41, 5.74) is 3.96. The number of rotatable bonds is 12. The topological polar surface area (TPSA) is 372 Å². The summed E-state index contributed by atoms with van der Waals surface area (Å²) >= 11 is 0. The molecule has 6 rings (SSSR count). The van der Waals surface area contributed by atoms with Crippen molar-refractivity contribution in [3.05, 3.63) is 143 Å². The molecule has 0 aliphatic rings. The Kier molecular flexibility index (Phi) is 28.3. The molecule has 0 unspecified atom stereocenters. The van der Waals surface area contributed by atoms with Crippen molar-refractivity contribution in [3.8, 4) is 69.0 Å². The largest absolute Gasteiger partial charge is 0.504 e. The van der Waals surface area contributed by atoms with E-state index in [1.165, 1.54) is 116 Å². The van der Waals surface area contributed by atoms with Crippen molar-refractivity contribution in [2.75, 3.05) is 42.7 Å². The van der Waals surface area contributed by atoms with Gasteiger partial charge in [0.1, 0.15) is 0 Å². The Morgan fingerprint density at radius 1 is 0.250 bits per heavy atom. The fraction of sp³-hybridized carbons (Fsp3) is 0.125. The summed E-state index contributed by atoms with van der Waals surface area (Å²) < 4.78 is 29.0. The molecular formula is C48H54N6O18. The van der Waals surface area contributed by atoms with E-state index < -0.39 is 0 Å². The molecule has 0 aliphatic heterocycles. The molecule has 0 aliphatic carbocycles. The molecule has 0 bridgehead atoms. The van der Waals surface area contributed by atoms with Crippen molar-refractivity contribution in [1.82, 2.24) is 0 Å². The van der Waals surface area contributed by atoms with Crippen LogP contribution in [0.3, 0.4) is 0 Å². The highest BCUT2D eigenvalue weighted by Gasteiger charge is 2.04. The highest BCUT2D eigenvalue weighted by atomic mass is 16.5. The maximum atomic E-state index is 9.17. The van der Waals surface area contributed by atoms with Crippen LogP contribution in [0, 0.1) is 0 Å². The molecule has 0 spiro atoms. The summed E-state index contributed by atoms with van der Waals surface area (Å²) in [4.78, 5) is 0. The molecule has 0 amide bonds. The second-order valence-corrected chi connectivity index (χ2v) is 13.1. The van der Waals surface area contributed by atoms with Gasteiger partial charge in [0.15, 0.2) is 69.0 Å². The smallest absolute Gasteiger partial charge is 0.161 e. The number of benzene rings is 6. The first-order chi connectivity index (χ1) is 34.6. The average Bonchev–Trinajstić information content (AvgIpc) is 3.38. The van der Waals surface area contributed by atoms with E-state index in [2.05, 4.69) is 30.9 Å².